The number of amides is 1. The number of hydrogen-bond donors (Lipinski definition) is 2. The predicted molar refractivity (Wildman–Crippen MR) is 116 cm³/mol. The molecule has 2 aliphatic rings. The highest BCUT2D eigenvalue weighted by atomic mass is 16.5. The van der Waals surface area contributed by atoms with Gasteiger partial charge in [0.15, 0.2) is 5.65 Å². The normalized spacial score (nSPS) is 18.7. The average Bonchev–Trinajstić information content (AvgIpc) is 3.21. The van der Waals surface area contributed by atoms with Crippen LogP contribution in [0.5, 0.6) is 0 Å². The number of fused-ring (bicyclic) bond motifs is 1. The second-order valence-corrected chi connectivity index (χ2v) is 8.37. The van der Waals surface area contributed by atoms with Crippen LogP contribution in [0.25, 0.3) is 16.9 Å². The molecule has 30 heavy (non-hydrogen) atoms. The number of anilines is 1. The third-order valence-electron chi connectivity index (χ3n) is 5.81. The van der Waals surface area contributed by atoms with Crippen molar-refractivity contribution in [2.45, 2.75) is 51.7 Å². The standard InChI is InChI=1S/C23H27N5O2/c1-14-10-16(5-8-19(14)23(29)26-17-6-7-17)21-13-25-22-20(11-15(2)27-28(21)22)24-12-18-4-3-9-30-18/h5,8,10-11,13,17-18,24H,3-4,6-7,9,12H2,1-2H3,(H,26,29). The zero-order chi connectivity index (χ0) is 20.7. The molecule has 3 heterocycles. The molecule has 5 rings (SSSR count). The lowest BCUT2D eigenvalue weighted by molar-refractivity contribution is 0.0950. The summed E-state index contributed by atoms with van der Waals surface area (Å²) in [6.45, 7) is 5.57. The number of carbonyl (C=O) groups excluding carboxylic acids is 1. The Morgan fingerprint density at radius 1 is 1.23 bits per heavy atom. The Bertz CT molecular complexity index is 1100. The Balaban J connectivity index is 1.44. The van der Waals surface area contributed by atoms with Gasteiger partial charge in [-0.05, 0) is 63.3 Å². The number of ether oxygens (including phenoxy) is 1. The minimum Gasteiger partial charge on any atom is -0.379 e. The molecule has 2 N–H and O–H groups in total. The Kier molecular flexibility index (Phi) is 4.90. The van der Waals surface area contributed by atoms with Crippen LogP contribution in [0.4, 0.5) is 5.69 Å². The maximum Gasteiger partial charge on any atom is 0.251 e. The third-order valence-corrected chi connectivity index (χ3v) is 5.81. The van der Waals surface area contributed by atoms with Crippen molar-refractivity contribution in [1.29, 1.82) is 0 Å². The highest BCUT2D eigenvalue weighted by Crippen LogP contribution is 2.27. The number of hydrogen-bond acceptors (Lipinski definition) is 5. The highest BCUT2D eigenvalue weighted by molar-refractivity contribution is 5.96. The number of imidazole rings is 1. The van der Waals surface area contributed by atoms with E-state index in [1.807, 2.05) is 48.8 Å². The summed E-state index contributed by atoms with van der Waals surface area (Å²) < 4.78 is 7.61. The number of rotatable bonds is 6. The van der Waals surface area contributed by atoms with Gasteiger partial charge < -0.3 is 15.4 Å². The molecule has 7 nitrogen and oxygen atoms in total. The van der Waals surface area contributed by atoms with Gasteiger partial charge in [-0.2, -0.15) is 5.10 Å². The first-order valence-electron chi connectivity index (χ1n) is 10.7. The Morgan fingerprint density at radius 3 is 2.83 bits per heavy atom. The fraction of sp³-hybridized carbons (Fsp3) is 0.435. The van der Waals surface area contributed by atoms with Crippen molar-refractivity contribution in [1.82, 2.24) is 19.9 Å². The van der Waals surface area contributed by atoms with Crippen LogP contribution in [0.2, 0.25) is 0 Å². The molecule has 3 aromatic rings. The minimum atomic E-state index is 0.00859. The summed E-state index contributed by atoms with van der Waals surface area (Å²) >= 11 is 0. The van der Waals surface area contributed by atoms with Crippen molar-refractivity contribution in [3.05, 3.63) is 47.3 Å². The van der Waals surface area contributed by atoms with E-state index in [1.54, 1.807) is 0 Å². The number of aromatic nitrogens is 3. The minimum absolute atomic E-state index is 0.00859. The van der Waals surface area contributed by atoms with Crippen LogP contribution in [0, 0.1) is 13.8 Å². The van der Waals surface area contributed by atoms with Gasteiger partial charge >= 0.3 is 0 Å². The molecule has 1 aliphatic carbocycles. The van der Waals surface area contributed by atoms with Crippen LogP contribution in [0.15, 0.2) is 30.5 Å². The van der Waals surface area contributed by atoms with Gasteiger partial charge in [-0.25, -0.2) is 9.50 Å². The van der Waals surface area contributed by atoms with Crippen molar-refractivity contribution in [3.63, 3.8) is 0 Å². The SMILES string of the molecule is Cc1cc(NCC2CCCO2)c2ncc(-c3ccc(C(=O)NC4CC4)c(C)c3)n2n1. The first-order valence-corrected chi connectivity index (χ1v) is 10.7. The maximum absolute atomic E-state index is 12.4. The molecule has 1 saturated carbocycles. The fourth-order valence-electron chi connectivity index (χ4n) is 4.02. The molecule has 2 aromatic heterocycles. The van der Waals surface area contributed by atoms with Crippen LogP contribution >= 0.6 is 0 Å². The molecule has 156 valence electrons. The molecule has 2 fully saturated rings. The first kappa shape index (κ1) is 19.1. The van der Waals surface area contributed by atoms with E-state index < -0.39 is 0 Å². The van der Waals surface area contributed by atoms with E-state index in [9.17, 15) is 4.79 Å². The lowest BCUT2D eigenvalue weighted by atomic mass is 10.0. The number of benzene rings is 1. The van der Waals surface area contributed by atoms with E-state index in [0.717, 1.165) is 78.2 Å². The lowest BCUT2D eigenvalue weighted by Crippen LogP contribution is -2.26. The van der Waals surface area contributed by atoms with Crippen molar-refractivity contribution in [3.8, 4) is 11.3 Å². The summed E-state index contributed by atoms with van der Waals surface area (Å²) in [5, 5.41) is 11.2. The zero-order valence-electron chi connectivity index (χ0n) is 17.4. The average molecular weight is 406 g/mol. The smallest absolute Gasteiger partial charge is 0.251 e. The van der Waals surface area contributed by atoms with Crippen LogP contribution < -0.4 is 10.6 Å². The summed E-state index contributed by atoms with van der Waals surface area (Å²) in [5.74, 6) is 0.00859. The van der Waals surface area contributed by atoms with Crippen LogP contribution in [-0.2, 0) is 4.74 Å². The number of nitrogens with one attached hydrogen (secondary N) is 2. The molecule has 1 unspecified atom stereocenters. The molecule has 0 spiro atoms. The van der Waals surface area contributed by atoms with E-state index in [-0.39, 0.29) is 12.0 Å². The van der Waals surface area contributed by atoms with Gasteiger partial charge in [-0.3, -0.25) is 4.79 Å². The van der Waals surface area contributed by atoms with Gasteiger partial charge in [0, 0.05) is 30.3 Å². The van der Waals surface area contributed by atoms with E-state index >= 15 is 0 Å². The third kappa shape index (κ3) is 3.77. The number of carbonyl (C=O) groups is 1. The molecular formula is C23H27N5O2. The summed E-state index contributed by atoms with van der Waals surface area (Å²) in [6, 6.07) is 8.28. The highest BCUT2D eigenvalue weighted by Gasteiger charge is 2.24. The summed E-state index contributed by atoms with van der Waals surface area (Å²) in [6.07, 6.45) is 6.48. The van der Waals surface area contributed by atoms with Crippen molar-refractivity contribution in [2.75, 3.05) is 18.5 Å². The van der Waals surface area contributed by atoms with Crippen LogP contribution in [-0.4, -0.2) is 45.8 Å². The molecule has 1 atom stereocenters. The quantitative estimate of drug-likeness (QED) is 0.656. The lowest BCUT2D eigenvalue weighted by Gasteiger charge is -2.13. The second-order valence-electron chi connectivity index (χ2n) is 8.37. The van der Waals surface area contributed by atoms with Gasteiger partial charge in [0.05, 0.1) is 29.4 Å². The Labute approximate surface area is 175 Å². The van der Waals surface area contributed by atoms with Crippen molar-refractivity contribution >= 4 is 17.2 Å². The van der Waals surface area contributed by atoms with Crippen molar-refractivity contribution < 1.29 is 9.53 Å². The van der Waals surface area contributed by atoms with E-state index in [2.05, 4.69) is 15.6 Å². The van der Waals surface area contributed by atoms with E-state index in [1.165, 1.54) is 0 Å². The van der Waals surface area contributed by atoms with Gasteiger partial charge in [-0.1, -0.05) is 6.07 Å². The maximum atomic E-state index is 12.4. The summed E-state index contributed by atoms with van der Waals surface area (Å²) in [7, 11) is 0. The molecule has 1 aromatic carbocycles. The molecule has 7 heteroatoms. The molecule has 1 aliphatic heterocycles. The van der Waals surface area contributed by atoms with Gasteiger partial charge in [0.1, 0.15) is 0 Å². The van der Waals surface area contributed by atoms with Crippen molar-refractivity contribution in [2.24, 2.45) is 0 Å². The predicted octanol–water partition coefficient (Wildman–Crippen LogP) is 3.50. The summed E-state index contributed by atoms with van der Waals surface area (Å²) in [4.78, 5) is 17.1. The monoisotopic (exact) mass is 405 g/mol. The van der Waals surface area contributed by atoms with Crippen LogP contribution in [0.1, 0.15) is 47.3 Å². The first-order chi connectivity index (χ1) is 14.6. The van der Waals surface area contributed by atoms with Crippen LogP contribution in [0.3, 0.4) is 0 Å². The van der Waals surface area contributed by atoms with Gasteiger partial charge in [0.2, 0.25) is 0 Å². The molecule has 1 amide bonds. The summed E-state index contributed by atoms with van der Waals surface area (Å²) in [5.41, 5.74) is 6.24. The largest absolute Gasteiger partial charge is 0.379 e. The molecule has 1 saturated heterocycles. The number of nitrogens with zero attached hydrogens (tertiary/aromatic N) is 3. The fourth-order valence-corrected chi connectivity index (χ4v) is 4.02. The number of aryl methyl sites for hydroxylation is 2. The Hall–Kier alpha value is -2.93. The molecular weight excluding hydrogens is 378 g/mol. The Morgan fingerprint density at radius 2 is 2.10 bits per heavy atom. The van der Waals surface area contributed by atoms with E-state index in [4.69, 9.17) is 9.84 Å². The second kappa shape index (κ2) is 7.72. The zero-order valence-corrected chi connectivity index (χ0v) is 17.4. The van der Waals surface area contributed by atoms with Gasteiger partial charge in [0.25, 0.3) is 5.91 Å². The molecule has 0 radical (unpaired) electrons. The topological polar surface area (TPSA) is 80.5 Å². The molecule has 0 bridgehead atoms. The van der Waals surface area contributed by atoms with E-state index in [0.29, 0.717) is 6.04 Å². The van der Waals surface area contributed by atoms with Gasteiger partial charge in [-0.15, -0.1) is 0 Å².